The molecule has 0 unspecified atom stereocenters. The minimum Gasteiger partial charge on any atom is -0.392 e. The summed E-state index contributed by atoms with van der Waals surface area (Å²) in [5.41, 5.74) is 3.69. The van der Waals surface area contributed by atoms with Crippen LogP contribution in [0.15, 0.2) is 54.6 Å². The molecule has 0 aliphatic carbocycles. The number of benzene rings is 2. The molecule has 0 radical (unpaired) electrons. The fraction of sp³-hybridized carbons (Fsp3) is 0.0556. The van der Waals surface area contributed by atoms with Crippen LogP contribution in [0.25, 0.3) is 23.1 Å². The van der Waals surface area contributed by atoms with Gasteiger partial charge < -0.3 is 5.11 Å². The van der Waals surface area contributed by atoms with Gasteiger partial charge in [0.05, 0.1) is 17.8 Å². The van der Waals surface area contributed by atoms with Gasteiger partial charge >= 0.3 is 0 Å². The van der Waals surface area contributed by atoms with Crippen LogP contribution in [0.1, 0.15) is 16.8 Å². The van der Waals surface area contributed by atoms with E-state index in [9.17, 15) is 0 Å². The van der Waals surface area contributed by atoms with Crippen molar-refractivity contribution in [3.05, 3.63) is 76.4 Å². The van der Waals surface area contributed by atoms with Gasteiger partial charge in [-0.2, -0.15) is 0 Å². The molecule has 1 aromatic heterocycles. The van der Waals surface area contributed by atoms with Crippen LogP contribution in [0.2, 0.25) is 5.02 Å². The largest absolute Gasteiger partial charge is 0.392 e. The normalized spacial score (nSPS) is 11.3. The molecule has 0 amide bonds. The third-order valence-electron chi connectivity index (χ3n) is 3.26. The molecular weight excluding hydrogens is 282 g/mol. The summed E-state index contributed by atoms with van der Waals surface area (Å²) in [5, 5.41) is 10.9. The molecule has 3 rings (SSSR count). The maximum absolute atomic E-state index is 9.14. The lowest BCUT2D eigenvalue weighted by molar-refractivity contribution is 0.282. The highest BCUT2D eigenvalue weighted by molar-refractivity contribution is 6.31. The van der Waals surface area contributed by atoms with E-state index in [4.69, 9.17) is 16.7 Å². The number of pyridine rings is 1. The van der Waals surface area contributed by atoms with Gasteiger partial charge in [-0.25, -0.2) is 4.98 Å². The zero-order chi connectivity index (χ0) is 14.7. The van der Waals surface area contributed by atoms with Crippen molar-refractivity contribution in [1.29, 1.82) is 0 Å². The first-order valence-electron chi connectivity index (χ1n) is 6.69. The van der Waals surface area contributed by atoms with E-state index in [0.29, 0.717) is 5.02 Å². The number of aromatic nitrogens is 1. The predicted molar refractivity (Wildman–Crippen MR) is 88.0 cm³/mol. The van der Waals surface area contributed by atoms with Crippen LogP contribution in [0.4, 0.5) is 0 Å². The Balaban J connectivity index is 1.91. The summed E-state index contributed by atoms with van der Waals surface area (Å²) in [6, 6.07) is 17.5. The summed E-state index contributed by atoms with van der Waals surface area (Å²) in [5.74, 6) is 0. The Hall–Kier alpha value is -2.16. The molecule has 104 valence electrons. The van der Waals surface area contributed by atoms with Crippen LogP contribution in [-0.4, -0.2) is 10.1 Å². The topological polar surface area (TPSA) is 33.1 Å². The summed E-state index contributed by atoms with van der Waals surface area (Å²) >= 11 is 6.00. The molecule has 1 heterocycles. The molecule has 0 aliphatic heterocycles. The standard InChI is InChI=1S/C18H14ClNO/c19-16-7-5-15-6-9-17(20-18(15)11-16)8-4-13-2-1-3-14(10-13)12-21/h1-11,21H,12H2/b8-4+. The van der Waals surface area contributed by atoms with Crippen LogP contribution < -0.4 is 0 Å². The second kappa shape index (κ2) is 6.08. The Morgan fingerprint density at radius 2 is 1.86 bits per heavy atom. The van der Waals surface area contributed by atoms with Gasteiger partial charge in [0.15, 0.2) is 0 Å². The summed E-state index contributed by atoms with van der Waals surface area (Å²) in [4.78, 5) is 4.57. The number of aliphatic hydroxyl groups is 1. The minimum absolute atomic E-state index is 0.0500. The van der Waals surface area contributed by atoms with E-state index in [1.54, 1.807) is 0 Å². The van der Waals surface area contributed by atoms with Gasteiger partial charge in [-0.1, -0.05) is 48.0 Å². The maximum atomic E-state index is 9.14. The number of hydrogen-bond donors (Lipinski definition) is 1. The highest BCUT2D eigenvalue weighted by Gasteiger charge is 1.98. The molecule has 3 aromatic rings. The van der Waals surface area contributed by atoms with Crippen LogP contribution >= 0.6 is 11.6 Å². The van der Waals surface area contributed by atoms with Crippen molar-refractivity contribution >= 4 is 34.7 Å². The molecule has 2 aromatic carbocycles. The Kier molecular flexibility index (Phi) is 4.00. The zero-order valence-electron chi connectivity index (χ0n) is 11.3. The van der Waals surface area contributed by atoms with Gasteiger partial charge in [0.1, 0.15) is 0 Å². The molecule has 21 heavy (non-hydrogen) atoms. The lowest BCUT2D eigenvalue weighted by atomic mass is 10.1. The van der Waals surface area contributed by atoms with E-state index in [1.807, 2.05) is 66.7 Å². The number of nitrogens with zero attached hydrogens (tertiary/aromatic N) is 1. The molecule has 0 aliphatic rings. The van der Waals surface area contributed by atoms with Gasteiger partial charge in [-0.15, -0.1) is 0 Å². The predicted octanol–water partition coefficient (Wildman–Crippen LogP) is 4.55. The number of rotatable bonds is 3. The van der Waals surface area contributed by atoms with Gasteiger partial charge in [0.25, 0.3) is 0 Å². The molecule has 0 atom stereocenters. The summed E-state index contributed by atoms with van der Waals surface area (Å²) in [6.07, 6.45) is 3.94. The van der Waals surface area contributed by atoms with Crippen molar-refractivity contribution in [2.24, 2.45) is 0 Å². The number of aliphatic hydroxyl groups excluding tert-OH is 1. The number of halogens is 1. The van der Waals surface area contributed by atoms with Crippen LogP contribution in [0.5, 0.6) is 0 Å². The van der Waals surface area contributed by atoms with Crippen molar-refractivity contribution < 1.29 is 5.11 Å². The van der Waals surface area contributed by atoms with Crippen molar-refractivity contribution in [2.45, 2.75) is 6.61 Å². The summed E-state index contributed by atoms with van der Waals surface area (Å²) in [7, 11) is 0. The van der Waals surface area contributed by atoms with Crippen LogP contribution in [0.3, 0.4) is 0 Å². The van der Waals surface area contributed by atoms with Gasteiger partial charge in [-0.3, -0.25) is 0 Å². The average Bonchev–Trinajstić information content (AvgIpc) is 2.52. The molecule has 0 saturated carbocycles. The van der Waals surface area contributed by atoms with E-state index in [1.165, 1.54) is 0 Å². The smallest absolute Gasteiger partial charge is 0.0724 e. The van der Waals surface area contributed by atoms with Crippen molar-refractivity contribution in [3.8, 4) is 0 Å². The third-order valence-corrected chi connectivity index (χ3v) is 3.49. The van der Waals surface area contributed by atoms with Gasteiger partial charge in [-0.05, 0) is 41.5 Å². The minimum atomic E-state index is 0.0500. The highest BCUT2D eigenvalue weighted by Crippen LogP contribution is 2.19. The Morgan fingerprint density at radius 3 is 2.71 bits per heavy atom. The number of hydrogen-bond acceptors (Lipinski definition) is 2. The van der Waals surface area contributed by atoms with E-state index >= 15 is 0 Å². The summed E-state index contributed by atoms with van der Waals surface area (Å²) < 4.78 is 0. The Labute approximate surface area is 128 Å². The summed E-state index contributed by atoms with van der Waals surface area (Å²) in [6.45, 7) is 0.0500. The second-order valence-corrected chi connectivity index (χ2v) is 5.25. The third kappa shape index (κ3) is 3.30. The lowest BCUT2D eigenvalue weighted by Gasteiger charge is -2.00. The van der Waals surface area contributed by atoms with E-state index in [2.05, 4.69) is 4.98 Å². The first-order valence-corrected chi connectivity index (χ1v) is 7.06. The zero-order valence-corrected chi connectivity index (χ0v) is 12.1. The lowest BCUT2D eigenvalue weighted by Crippen LogP contribution is -1.84. The molecule has 2 nitrogen and oxygen atoms in total. The van der Waals surface area contributed by atoms with Crippen LogP contribution in [0, 0.1) is 0 Å². The SMILES string of the molecule is OCc1cccc(/C=C/c2ccc3ccc(Cl)cc3n2)c1. The second-order valence-electron chi connectivity index (χ2n) is 4.81. The molecular formula is C18H14ClNO. The molecule has 0 spiro atoms. The van der Waals surface area contributed by atoms with Crippen molar-refractivity contribution in [2.75, 3.05) is 0 Å². The van der Waals surface area contributed by atoms with Gasteiger partial charge in [0.2, 0.25) is 0 Å². The maximum Gasteiger partial charge on any atom is 0.0724 e. The van der Waals surface area contributed by atoms with E-state index in [-0.39, 0.29) is 6.61 Å². The molecule has 0 saturated heterocycles. The first kappa shape index (κ1) is 13.8. The fourth-order valence-corrected chi connectivity index (χ4v) is 2.34. The number of fused-ring (bicyclic) bond motifs is 1. The van der Waals surface area contributed by atoms with E-state index < -0.39 is 0 Å². The monoisotopic (exact) mass is 295 g/mol. The van der Waals surface area contributed by atoms with Crippen LogP contribution in [-0.2, 0) is 6.61 Å². The fourth-order valence-electron chi connectivity index (χ4n) is 2.18. The quantitative estimate of drug-likeness (QED) is 0.769. The molecule has 3 heteroatoms. The first-order chi connectivity index (χ1) is 10.2. The van der Waals surface area contributed by atoms with Crippen molar-refractivity contribution in [3.63, 3.8) is 0 Å². The highest BCUT2D eigenvalue weighted by atomic mass is 35.5. The van der Waals surface area contributed by atoms with Crippen molar-refractivity contribution in [1.82, 2.24) is 4.98 Å². The Morgan fingerprint density at radius 1 is 1.00 bits per heavy atom. The molecule has 0 fully saturated rings. The van der Waals surface area contributed by atoms with Gasteiger partial charge in [0, 0.05) is 10.4 Å². The molecule has 1 N–H and O–H groups in total. The Bertz CT molecular complexity index is 811. The average molecular weight is 296 g/mol. The molecule has 0 bridgehead atoms. The van der Waals surface area contributed by atoms with E-state index in [0.717, 1.165) is 27.7 Å².